The highest BCUT2D eigenvalue weighted by Crippen LogP contribution is 2.19. The van der Waals surface area contributed by atoms with Crippen molar-refractivity contribution in [2.24, 2.45) is 0 Å². The first-order chi connectivity index (χ1) is 12.0. The highest BCUT2D eigenvalue weighted by atomic mass is 16.6. The van der Waals surface area contributed by atoms with Crippen molar-refractivity contribution in [1.29, 1.82) is 0 Å². The smallest absolute Gasteiger partial charge is 0.220 e. The van der Waals surface area contributed by atoms with Crippen molar-refractivity contribution in [3.63, 3.8) is 0 Å². The van der Waals surface area contributed by atoms with Gasteiger partial charge in [0.25, 0.3) is 0 Å². The molecule has 1 amide bonds. The highest BCUT2D eigenvalue weighted by Gasteiger charge is 2.42. The first-order valence-corrected chi connectivity index (χ1v) is 9.61. The maximum absolute atomic E-state index is 11.8. The number of ether oxygens (including phenoxy) is 1. The molecule has 0 aromatic carbocycles. The first-order valence-electron chi connectivity index (χ1n) is 9.61. The SMILES string of the molecule is CCCCCCCCCCCC(=O)NC[C@H]1OC(O)[C@H](O)[C@@H](O)[C@@H]1O. The van der Waals surface area contributed by atoms with Crippen LogP contribution in [0.4, 0.5) is 0 Å². The van der Waals surface area contributed by atoms with Crippen molar-refractivity contribution in [1.82, 2.24) is 5.32 Å². The summed E-state index contributed by atoms with van der Waals surface area (Å²) in [6, 6.07) is 0. The quantitative estimate of drug-likeness (QED) is 0.328. The molecule has 5 atom stereocenters. The third-order valence-corrected chi connectivity index (χ3v) is 4.69. The van der Waals surface area contributed by atoms with Crippen molar-refractivity contribution in [3.8, 4) is 0 Å². The lowest BCUT2D eigenvalue weighted by atomic mass is 9.99. The second-order valence-corrected chi connectivity index (χ2v) is 6.92. The molecule has 1 aliphatic heterocycles. The molecule has 148 valence electrons. The van der Waals surface area contributed by atoms with Crippen LogP contribution in [0.1, 0.15) is 71.1 Å². The van der Waals surface area contributed by atoms with Crippen LogP contribution in [0.5, 0.6) is 0 Å². The van der Waals surface area contributed by atoms with E-state index < -0.39 is 30.7 Å². The van der Waals surface area contributed by atoms with Crippen LogP contribution in [-0.2, 0) is 9.53 Å². The van der Waals surface area contributed by atoms with Crippen LogP contribution in [0.2, 0.25) is 0 Å². The summed E-state index contributed by atoms with van der Waals surface area (Å²) in [5.41, 5.74) is 0. The van der Waals surface area contributed by atoms with Gasteiger partial charge < -0.3 is 30.5 Å². The van der Waals surface area contributed by atoms with E-state index in [1.807, 2.05) is 0 Å². The Balaban J connectivity index is 2.05. The summed E-state index contributed by atoms with van der Waals surface area (Å²) in [4.78, 5) is 11.8. The fraction of sp³-hybridized carbons (Fsp3) is 0.944. The normalized spacial score (nSPS) is 29.6. The largest absolute Gasteiger partial charge is 0.388 e. The summed E-state index contributed by atoms with van der Waals surface area (Å²) in [6.07, 6.45) is 4.13. The lowest BCUT2D eigenvalue weighted by Gasteiger charge is -2.38. The van der Waals surface area contributed by atoms with Gasteiger partial charge in [-0.25, -0.2) is 0 Å². The summed E-state index contributed by atoms with van der Waals surface area (Å²) < 4.78 is 5.01. The molecule has 1 saturated heterocycles. The summed E-state index contributed by atoms with van der Waals surface area (Å²) in [5, 5.41) is 40.8. The maximum Gasteiger partial charge on any atom is 0.220 e. The average molecular weight is 361 g/mol. The number of carbonyl (C=O) groups is 1. The molecule has 0 bridgehead atoms. The van der Waals surface area contributed by atoms with Crippen LogP contribution >= 0.6 is 0 Å². The summed E-state index contributed by atoms with van der Waals surface area (Å²) in [5.74, 6) is -0.145. The zero-order valence-electron chi connectivity index (χ0n) is 15.3. The standard InChI is InChI=1S/C18H35NO6/c1-2-3-4-5-6-7-8-9-10-11-14(20)19-12-13-15(21)16(22)17(23)18(24)25-13/h13,15-18,21-24H,2-12H2,1H3,(H,19,20)/t13-,15-,16+,17-,18?/m1/s1. The fourth-order valence-electron chi connectivity index (χ4n) is 3.00. The van der Waals surface area contributed by atoms with Crippen molar-refractivity contribution in [3.05, 3.63) is 0 Å². The molecular weight excluding hydrogens is 326 g/mol. The van der Waals surface area contributed by atoms with Gasteiger partial charge >= 0.3 is 0 Å². The van der Waals surface area contributed by atoms with Crippen LogP contribution in [0.3, 0.4) is 0 Å². The predicted octanol–water partition coefficient (Wildman–Crippen LogP) is 0.823. The zero-order valence-corrected chi connectivity index (χ0v) is 15.3. The molecule has 1 aliphatic rings. The van der Waals surface area contributed by atoms with E-state index >= 15 is 0 Å². The van der Waals surface area contributed by atoms with Gasteiger partial charge in [0.2, 0.25) is 5.91 Å². The predicted molar refractivity (Wildman–Crippen MR) is 93.8 cm³/mol. The van der Waals surface area contributed by atoms with Crippen LogP contribution in [-0.4, -0.2) is 63.6 Å². The Morgan fingerprint density at radius 3 is 2.00 bits per heavy atom. The summed E-state index contributed by atoms with van der Waals surface area (Å²) in [6.45, 7) is 2.19. The minimum Gasteiger partial charge on any atom is -0.388 e. The van der Waals surface area contributed by atoms with E-state index in [1.54, 1.807) is 0 Å². The van der Waals surface area contributed by atoms with Gasteiger partial charge in [-0.15, -0.1) is 0 Å². The second-order valence-electron chi connectivity index (χ2n) is 6.92. The molecule has 0 aromatic rings. The van der Waals surface area contributed by atoms with Gasteiger partial charge in [0.1, 0.15) is 24.4 Å². The van der Waals surface area contributed by atoms with E-state index in [4.69, 9.17) is 4.74 Å². The molecule has 1 heterocycles. The molecule has 1 rings (SSSR count). The number of nitrogens with one attached hydrogen (secondary N) is 1. The second kappa shape index (κ2) is 12.6. The Morgan fingerprint density at radius 1 is 0.840 bits per heavy atom. The maximum atomic E-state index is 11.8. The Hall–Kier alpha value is -0.730. The number of rotatable bonds is 12. The number of aliphatic hydroxyl groups is 4. The third-order valence-electron chi connectivity index (χ3n) is 4.69. The molecule has 0 saturated carbocycles. The Labute approximate surface area is 150 Å². The monoisotopic (exact) mass is 361 g/mol. The number of amides is 1. The average Bonchev–Trinajstić information content (AvgIpc) is 2.60. The number of unbranched alkanes of at least 4 members (excludes halogenated alkanes) is 8. The number of hydrogen-bond acceptors (Lipinski definition) is 6. The van der Waals surface area contributed by atoms with E-state index in [9.17, 15) is 25.2 Å². The lowest BCUT2D eigenvalue weighted by molar-refractivity contribution is -0.280. The number of hydrogen-bond donors (Lipinski definition) is 5. The molecule has 0 aliphatic carbocycles. The molecule has 1 unspecified atom stereocenters. The van der Waals surface area contributed by atoms with Crippen LogP contribution in [0.25, 0.3) is 0 Å². The molecule has 0 aromatic heterocycles. The van der Waals surface area contributed by atoms with Gasteiger partial charge in [0.05, 0.1) is 0 Å². The number of aliphatic hydroxyl groups excluding tert-OH is 4. The summed E-state index contributed by atoms with van der Waals surface area (Å²) >= 11 is 0. The van der Waals surface area contributed by atoms with E-state index in [0.29, 0.717) is 6.42 Å². The Kier molecular flexibility index (Phi) is 11.2. The van der Waals surface area contributed by atoms with E-state index in [-0.39, 0.29) is 12.5 Å². The molecule has 7 nitrogen and oxygen atoms in total. The van der Waals surface area contributed by atoms with Crippen LogP contribution in [0, 0.1) is 0 Å². The van der Waals surface area contributed by atoms with Crippen molar-refractivity contribution >= 4 is 5.91 Å². The first kappa shape index (κ1) is 22.3. The fourth-order valence-corrected chi connectivity index (χ4v) is 3.00. The van der Waals surface area contributed by atoms with Crippen LogP contribution < -0.4 is 5.32 Å². The van der Waals surface area contributed by atoms with Crippen molar-refractivity contribution in [2.45, 2.75) is 102 Å². The van der Waals surface area contributed by atoms with Gasteiger partial charge in [-0.05, 0) is 6.42 Å². The van der Waals surface area contributed by atoms with E-state index in [0.717, 1.165) is 19.3 Å². The topological polar surface area (TPSA) is 119 Å². The van der Waals surface area contributed by atoms with Crippen molar-refractivity contribution < 1.29 is 30.0 Å². The van der Waals surface area contributed by atoms with Gasteiger partial charge in [-0.1, -0.05) is 58.3 Å². The van der Waals surface area contributed by atoms with E-state index in [2.05, 4.69) is 12.2 Å². The Morgan fingerprint density at radius 2 is 1.40 bits per heavy atom. The lowest BCUT2D eigenvalue weighted by Crippen LogP contribution is -2.59. The van der Waals surface area contributed by atoms with Gasteiger partial charge in [-0.2, -0.15) is 0 Å². The molecular formula is C18H35NO6. The highest BCUT2D eigenvalue weighted by molar-refractivity contribution is 5.75. The van der Waals surface area contributed by atoms with Crippen molar-refractivity contribution in [2.75, 3.05) is 6.54 Å². The zero-order chi connectivity index (χ0) is 18.7. The molecule has 25 heavy (non-hydrogen) atoms. The molecule has 1 fully saturated rings. The minimum absolute atomic E-state index is 0.0156. The third kappa shape index (κ3) is 8.46. The van der Waals surface area contributed by atoms with Gasteiger partial charge in [-0.3, -0.25) is 4.79 Å². The molecule has 7 heteroatoms. The molecule has 0 radical (unpaired) electrons. The summed E-state index contributed by atoms with van der Waals surface area (Å²) in [7, 11) is 0. The Bertz CT molecular complexity index is 367. The molecule has 0 spiro atoms. The minimum atomic E-state index is -1.57. The van der Waals surface area contributed by atoms with Crippen LogP contribution in [0.15, 0.2) is 0 Å². The van der Waals surface area contributed by atoms with E-state index in [1.165, 1.54) is 38.5 Å². The van der Waals surface area contributed by atoms with Gasteiger partial charge in [0, 0.05) is 13.0 Å². The molecule has 5 N–H and O–H groups in total. The van der Waals surface area contributed by atoms with Gasteiger partial charge in [0.15, 0.2) is 6.29 Å². The number of carbonyl (C=O) groups excluding carboxylic acids is 1.